The highest BCUT2D eigenvalue weighted by atomic mass is 16.5. The fraction of sp³-hybridized carbons (Fsp3) is 0.417. The summed E-state index contributed by atoms with van der Waals surface area (Å²) in [5.41, 5.74) is 1.01. The molecule has 0 fully saturated rings. The van der Waals surface area contributed by atoms with Crippen LogP contribution in [0, 0.1) is 0 Å². The Balaban J connectivity index is 2.79. The molecule has 0 bridgehead atoms. The van der Waals surface area contributed by atoms with Gasteiger partial charge in [0.1, 0.15) is 12.4 Å². The van der Waals surface area contributed by atoms with Gasteiger partial charge in [-0.3, -0.25) is 0 Å². The molecule has 2 N–H and O–H groups in total. The Bertz CT molecular complexity index is 391. The summed E-state index contributed by atoms with van der Waals surface area (Å²) < 4.78 is 5.56. The number of ether oxygens (including phenoxy) is 1. The molecule has 1 rings (SSSR count). The number of rotatable bonds is 6. The first-order valence-corrected chi connectivity index (χ1v) is 5.37. The molecule has 5 heteroatoms. The largest absolute Gasteiger partial charge is 0.490 e. The van der Waals surface area contributed by atoms with E-state index in [2.05, 4.69) is 5.32 Å². The molecule has 94 valence electrons. The fourth-order valence-corrected chi connectivity index (χ4v) is 1.32. The minimum absolute atomic E-state index is 0.226. The summed E-state index contributed by atoms with van der Waals surface area (Å²) in [7, 11) is 5.68. The topological polar surface area (TPSA) is 61.8 Å². The molecule has 1 aromatic rings. The maximum Gasteiger partial charge on any atom is 0.335 e. The van der Waals surface area contributed by atoms with Gasteiger partial charge in [0.05, 0.1) is 11.3 Å². The number of likely N-dealkylation sites (N-methyl/N-ethyl adjacent to an activating group) is 1. The second kappa shape index (κ2) is 6.10. The van der Waals surface area contributed by atoms with Crippen molar-refractivity contribution in [2.75, 3.05) is 39.6 Å². The molecule has 5 nitrogen and oxygen atoms in total. The minimum atomic E-state index is -0.954. The van der Waals surface area contributed by atoms with E-state index in [0.29, 0.717) is 12.4 Å². The molecule has 17 heavy (non-hydrogen) atoms. The van der Waals surface area contributed by atoms with E-state index in [0.717, 1.165) is 12.2 Å². The SMILES string of the molecule is CNc1ccc(C(=O)O)cc1OCCN(C)C. The van der Waals surface area contributed by atoms with Gasteiger partial charge in [-0.15, -0.1) is 0 Å². The summed E-state index contributed by atoms with van der Waals surface area (Å²) in [5.74, 6) is -0.389. The number of anilines is 1. The molecular weight excluding hydrogens is 220 g/mol. The summed E-state index contributed by atoms with van der Waals surface area (Å²) in [4.78, 5) is 12.9. The molecule has 1 aromatic carbocycles. The predicted octanol–water partition coefficient (Wildman–Crippen LogP) is 1.37. The predicted molar refractivity (Wildman–Crippen MR) is 67.0 cm³/mol. The van der Waals surface area contributed by atoms with Gasteiger partial charge in [0.2, 0.25) is 0 Å². The quantitative estimate of drug-likeness (QED) is 0.783. The Hall–Kier alpha value is -1.75. The Morgan fingerprint density at radius 2 is 2.18 bits per heavy atom. The van der Waals surface area contributed by atoms with Crippen LogP contribution in [-0.2, 0) is 0 Å². The van der Waals surface area contributed by atoms with Crippen molar-refractivity contribution in [3.05, 3.63) is 23.8 Å². The molecule has 0 heterocycles. The van der Waals surface area contributed by atoms with Crippen LogP contribution in [0.1, 0.15) is 10.4 Å². The van der Waals surface area contributed by atoms with Crippen molar-refractivity contribution in [2.24, 2.45) is 0 Å². The van der Waals surface area contributed by atoms with E-state index in [4.69, 9.17) is 9.84 Å². The standard InChI is InChI=1S/C12H18N2O3/c1-13-10-5-4-9(12(15)16)8-11(10)17-7-6-14(2)3/h4-5,8,13H,6-7H2,1-3H3,(H,15,16). The van der Waals surface area contributed by atoms with Crippen molar-refractivity contribution >= 4 is 11.7 Å². The Kier molecular flexibility index (Phi) is 4.78. The van der Waals surface area contributed by atoms with E-state index in [-0.39, 0.29) is 5.56 Å². The molecule has 0 aliphatic carbocycles. The zero-order chi connectivity index (χ0) is 12.8. The normalized spacial score (nSPS) is 10.4. The smallest absolute Gasteiger partial charge is 0.335 e. The first kappa shape index (κ1) is 13.3. The maximum absolute atomic E-state index is 10.9. The number of hydrogen-bond acceptors (Lipinski definition) is 4. The zero-order valence-corrected chi connectivity index (χ0v) is 10.4. The van der Waals surface area contributed by atoms with Crippen LogP contribution in [0.3, 0.4) is 0 Å². The molecule has 0 unspecified atom stereocenters. The molecule has 0 saturated carbocycles. The second-order valence-corrected chi connectivity index (χ2v) is 3.92. The Labute approximate surface area is 101 Å². The van der Waals surface area contributed by atoms with E-state index in [1.54, 1.807) is 19.2 Å². The van der Waals surface area contributed by atoms with Gasteiger partial charge < -0.3 is 20.1 Å². The number of carboxylic acids is 1. The third kappa shape index (κ3) is 3.96. The van der Waals surface area contributed by atoms with Crippen LogP contribution >= 0.6 is 0 Å². The van der Waals surface area contributed by atoms with E-state index in [9.17, 15) is 4.79 Å². The van der Waals surface area contributed by atoms with Gasteiger partial charge in [-0.05, 0) is 32.3 Å². The van der Waals surface area contributed by atoms with Crippen molar-refractivity contribution in [2.45, 2.75) is 0 Å². The van der Waals surface area contributed by atoms with Crippen LogP contribution in [-0.4, -0.2) is 50.3 Å². The second-order valence-electron chi connectivity index (χ2n) is 3.92. The molecule has 0 aliphatic heterocycles. The zero-order valence-electron chi connectivity index (χ0n) is 10.4. The van der Waals surface area contributed by atoms with Gasteiger partial charge in [0.25, 0.3) is 0 Å². The lowest BCUT2D eigenvalue weighted by Crippen LogP contribution is -2.19. The number of carboxylic acid groups (broad SMARTS) is 1. The summed E-state index contributed by atoms with van der Waals surface area (Å²) >= 11 is 0. The van der Waals surface area contributed by atoms with Crippen molar-refractivity contribution < 1.29 is 14.6 Å². The van der Waals surface area contributed by atoms with Gasteiger partial charge in [0, 0.05) is 13.6 Å². The average molecular weight is 238 g/mol. The molecular formula is C12H18N2O3. The van der Waals surface area contributed by atoms with Crippen LogP contribution in [0.4, 0.5) is 5.69 Å². The monoisotopic (exact) mass is 238 g/mol. The number of carbonyl (C=O) groups is 1. The number of hydrogen-bond donors (Lipinski definition) is 2. The number of nitrogens with one attached hydrogen (secondary N) is 1. The molecule has 0 aromatic heterocycles. The van der Waals surface area contributed by atoms with Crippen LogP contribution in [0.25, 0.3) is 0 Å². The summed E-state index contributed by atoms with van der Waals surface area (Å²) in [6.07, 6.45) is 0. The number of benzene rings is 1. The highest BCUT2D eigenvalue weighted by Gasteiger charge is 2.08. The Morgan fingerprint density at radius 3 is 2.71 bits per heavy atom. The lowest BCUT2D eigenvalue weighted by molar-refractivity contribution is 0.0696. The van der Waals surface area contributed by atoms with Crippen LogP contribution in [0.5, 0.6) is 5.75 Å². The third-order valence-electron chi connectivity index (χ3n) is 2.29. The van der Waals surface area contributed by atoms with Gasteiger partial charge >= 0.3 is 5.97 Å². The summed E-state index contributed by atoms with van der Waals surface area (Å²) in [6, 6.07) is 4.78. The molecule has 0 atom stereocenters. The van der Waals surface area contributed by atoms with Gasteiger partial charge in [-0.2, -0.15) is 0 Å². The van der Waals surface area contributed by atoms with Gasteiger partial charge in [0.15, 0.2) is 0 Å². The fourth-order valence-electron chi connectivity index (χ4n) is 1.32. The van der Waals surface area contributed by atoms with Crippen molar-refractivity contribution in [3.8, 4) is 5.75 Å². The van der Waals surface area contributed by atoms with Gasteiger partial charge in [-0.25, -0.2) is 4.79 Å². The first-order valence-electron chi connectivity index (χ1n) is 5.37. The lowest BCUT2D eigenvalue weighted by atomic mass is 10.2. The minimum Gasteiger partial charge on any atom is -0.490 e. The van der Waals surface area contributed by atoms with E-state index < -0.39 is 5.97 Å². The number of nitrogens with zero attached hydrogens (tertiary/aromatic N) is 1. The van der Waals surface area contributed by atoms with Crippen LogP contribution in [0.2, 0.25) is 0 Å². The molecule has 0 radical (unpaired) electrons. The van der Waals surface area contributed by atoms with Crippen molar-refractivity contribution in [3.63, 3.8) is 0 Å². The Morgan fingerprint density at radius 1 is 1.47 bits per heavy atom. The molecule has 0 aliphatic rings. The molecule has 0 saturated heterocycles. The van der Waals surface area contributed by atoms with E-state index in [1.165, 1.54) is 6.07 Å². The highest BCUT2D eigenvalue weighted by Crippen LogP contribution is 2.25. The maximum atomic E-state index is 10.9. The first-order chi connectivity index (χ1) is 8.04. The highest BCUT2D eigenvalue weighted by molar-refractivity contribution is 5.89. The van der Waals surface area contributed by atoms with Crippen molar-refractivity contribution in [1.29, 1.82) is 0 Å². The third-order valence-corrected chi connectivity index (χ3v) is 2.29. The molecule has 0 spiro atoms. The van der Waals surface area contributed by atoms with Crippen molar-refractivity contribution in [1.82, 2.24) is 4.90 Å². The van der Waals surface area contributed by atoms with Gasteiger partial charge in [-0.1, -0.05) is 0 Å². The lowest BCUT2D eigenvalue weighted by Gasteiger charge is -2.14. The van der Waals surface area contributed by atoms with Crippen LogP contribution < -0.4 is 10.1 Å². The van der Waals surface area contributed by atoms with Crippen LogP contribution in [0.15, 0.2) is 18.2 Å². The average Bonchev–Trinajstić information content (AvgIpc) is 2.28. The molecule has 0 amide bonds. The van der Waals surface area contributed by atoms with E-state index in [1.807, 2.05) is 19.0 Å². The van der Waals surface area contributed by atoms with E-state index >= 15 is 0 Å². The summed E-state index contributed by atoms with van der Waals surface area (Å²) in [6.45, 7) is 1.30. The number of aromatic carboxylic acids is 1. The summed E-state index contributed by atoms with van der Waals surface area (Å²) in [5, 5.41) is 11.9.